The molecule has 0 aliphatic heterocycles. The van der Waals surface area contributed by atoms with Crippen molar-refractivity contribution in [1.29, 1.82) is 0 Å². The first kappa shape index (κ1) is 62.4. The van der Waals surface area contributed by atoms with Gasteiger partial charge in [0.2, 0.25) is 0 Å². The summed E-state index contributed by atoms with van der Waals surface area (Å²) in [6.45, 7) is 18.6. The fourth-order valence-corrected chi connectivity index (χ4v) is 4.86. The minimum absolute atomic E-state index is 0. The van der Waals surface area contributed by atoms with Gasteiger partial charge in [-0.1, -0.05) is 209 Å². The number of esters is 2. The van der Waals surface area contributed by atoms with Gasteiger partial charge in [0.05, 0.1) is 13.2 Å². The third-order valence-corrected chi connectivity index (χ3v) is 8.56. The molecule has 0 aliphatic rings. The fourth-order valence-electron chi connectivity index (χ4n) is 4.86. The van der Waals surface area contributed by atoms with Gasteiger partial charge in [0.25, 0.3) is 0 Å². The summed E-state index contributed by atoms with van der Waals surface area (Å²) in [5.74, 6) is -1.76. The monoisotopic (exact) mass is 889 g/mol. The Balaban J connectivity index is -0.000000249. The van der Waals surface area contributed by atoms with Crippen LogP contribution in [-0.2, 0) is 28.7 Å². The van der Waals surface area contributed by atoms with Gasteiger partial charge in [-0.3, -0.25) is 0 Å². The Labute approximate surface area is 356 Å². The van der Waals surface area contributed by atoms with Gasteiger partial charge < -0.3 is 19.7 Å². The molecule has 55 heavy (non-hydrogen) atoms. The zero-order valence-electron chi connectivity index (χ0n) is 37.1. The molecule has 0 atom stereocenters. The molecule has 0 saturated carbocycles. The molecule has 0 fully saturated rings. The molecular weight excluding hydrogens is 799 g/mol. The van der Waals surface area contributed by atoms with Crippen molar-refractivity contribution in [3.63, 3.8) is 0 Å². The number of hydrogen-bond donors (Lipinski definition) is 2. The zero-order valence-corrected chi connectivity index (χ0v) is 40.0. The van der Waals surface area contributed by atoms with Gasteiger partial charge in [-0.05, 0) is 24.7 Å². The Bertz CT molecular complexity index is 796. The third-order valence-electron chi connectivity index (χ3n) is 8.56. The van der Waals surface area contributed by atoms with Crippen LogP contribution in [0.2, 0.25) is 0 Å². The van der Waals surface area contributed by atoms with Crippen LogP contribution < -0.4 is 0 Å². The number of carboxylic acid groups (broad SMARTS) is 2. The SMILES string of the molecule is CC(C)CCCCCCCCCCCCOC(=O)/C=C/C(=O)O.CC(C)CCCCCCCCCCCCOC(=O)/C=C/C(=O)O.CCCC.CCCC.[Sn]. The van der Waals surface area contributed by atoms with Crippen molar-refractivity contribution in [2.45, 2.75) is 222 Å². The zero-order chi connectivity index (χ0) is 41.5. The summed E-state index contributed by atoms with van der Waals surface area (Å²) in [6, 6.07) is 0. The summed E-state index contributed by atoms with van der Waals surface area (Å²) < 4.78 is 9.81. The van der Waals surface area contributed by atoms with E-state index in [9.17, 15) is 19.2 Å². The number of rotatable bonds is 32. The quantitative estimate of drug-likeness (QED) is 0.0296. The molecule has 0 spiro atoms. The second kappa shape index (κ2) is 54.3. The number of carbonyl (C=O) groups is 4. The molecule has 4 radical (unpaired) electrons. The van der Waals surface area contributed by atoms with Crippen molar-refractivity contribution < 1.29 is 38.9 Å². The maximum absolute atomic E-state index is 11.1. The van der Waals surface area contributed by atoms with Gasteiger partial charge in [-0.15, -0.1) is 0 Å². The largest absolute Gasteiger partial charge is 0.478 e. The van der Waals surface area contributed by atoms with Crippen LogP contribution in [-0.4, -0.2) is 71.2 Å². The van der Waals surface area contributed by atoms with E-state index in [2.05, 4.69) is 55.4 Å². The second-order valence-corrected chi connectivity index (χ2v) is 15.1. The van der Waals surface area contributed by atoms with Crippen LogP contribution in [0.25, 0.3) is 0 Å². The van der Waals surface area contributed by atoms with E-state index in [4.69, 9.17) is 19.7 Å². The number of carboxylic acids is 2. The fraction of sp³-hybridized carbons (Fsp3) is 0.826. The number of carbonyl (C=O) groups excluding carboxylic acids is 2. The first-order valence-electron chi connectivity index (χ1n) is 22.0. The summed E-state index contributed by atoms with van der Waals surface area (Å²) in [7, 11) is 0. The van der Waals surface area contributed by atoms with E-state index in [1.807, 2.05) is 0 Å². The van der Waals surface area contributed by atoms with Crippen LogP contribution in [0.15, 0.2) is 24.3 Å². The molecule has 0 rings (SSSR count). The van der Waals surface area contributed by atoms with E-state index in [1.54, 1.807) is 0 Å². The van der Waals surface area contributed by atoms with Crippen molar-refractivity contribution in [2.75, 3.05) is 13.2 Å². The first-order chi connectivity index (χ1) is 25.9. The molecule has 0 unspecified atom stereocenters. The average Bonchev–Trinajstić information content (AvgIpc) is 3.13. The standard InChI is InChI=1S/2C19H34O4.2C4H10.Sn/c2*1-17(2)13-11-9-7-5-3-4-6-8-10-12-16-23-19(22)15-14-18(20)21;2*1-3-4-2;/h2*14-15,17H,3-13,16H2,1-2H3,(H,20,21);2*3-4H2,1-2H3;/b2*15-14+;;;. The Hall–Kier alpha value is -1.84. The molecule has 0 heterocycles. The van der Waals surface area contributed by atoms with Gasteiger partial charge >= 0.3 is 23.9 Å². The molecule has 9 heteroatoms. The van der Waals surface area contributed by atoms with Gasteiger partial charge in [-0.2, -0.15) is 0 Å². The van der Waals surface area contributed by atoms with E-state index in [-0.39, 0.29) is 23.9 Å². The van der Waals surface area contributed by atoms with Crippen molar-refractivity contribution in [2.24, 2.45) is 11.8 Å². The molecule has 0 saturated heterocycles. The first-order valence-corrected chi connectivity index (χ1v) is 22.0. The van der Waals surface area contributed by atoms with E-state index < -0.39 is 23.9 Å². The molecule has 0 aromatic heterocycles. The molecule has 0 aliphatic carbocycles. The Kier molecular flexibility index (Phi) is 61.5. The van der Waals surface area contributed by atoms with Crippen LogP contribution in [0.3, 0.4) is 0 Å². The minimum atomic E-state index is -1.14. The Morgan fingerprint density at radius 2 is 0.618 bits per heavy atom. The average molecular weight is 888 g/mol. The summed E-state index contributed by atoms with van der Waals surface area (Å²) in [5, 5.41) is 16.7. The third kappa shape index (κ3) is 73.8. The second-order valence-electron chi connectivity index (χ2n) is 15.1. The van der Waals surface area contributed by atoms with Gasteiger partial charge in [0.15, 0.2) is 0 Å². The Morgan fingerprint density at radius 3 is 0.818 bits per heavy atom. The summed E-state index contributed by atoms with van der Waals surface area (Å²) >= 11 is 0. The number of hydrogen-bond acceptors (Lipinski definition) is 6. The van der Waals surface area contributed by atoms with Crippen LogP contribution in [0.1, 0.15) is 222 Å². The topological polar surface area (TPSA) is 127 Å². The molecular formula is C46H88O8Sn. The van der Waals surface area contributed by atoms with Crippen molar-refractivity contribution in [3.8, 4) is 0 Å². The van der Waals surface area contributed by atoms with Gasteiger partial charge in [-0.25, -0.2) is 19.2 Å². The molecule has 2 N–H and O–H groups in total. The molecule has 324 valence electrons. The van der Waals surface area contributed by atoms with E-state index >= 15 is 0 Å². The van der Waals surface area contributed by atoms with E-state index in [0.717, 1.165) is 61.8 Å². The smallest absolute Gasteiger partial charge is 0.331 e. The molecule has 8 nitrogen and oxygen atoms in total. The van der Waals surface area contributed by atoms with Crippen molar-refractivity contribution >= 4 is 47.8 Å². The van der Waals surface area contributed by atoms with Crippen molar-refractivity contribution in [3.05, 3.63) is 24.3 Å². The van der Waals surface area contributed by atoms with Gasteiger partial charge in [0, 0.05) is 48.2 Å². The number of aliphatic carboxylic acids is 2. The molecule has 0 bridgehead atoms. The maximum atomic E-state index is 11.1. The minimum Gasteiger partial charge on any atom is -0.478 e. The summed E-state index contributed by atoms with van der Waals surface area (Å²) in [5.41, 5.74) is 0. The number of ether oxygens (including phenoxy) is 2. The van der Waals surface area contributed by atoms with E-state index in [0.29, 0.717) is 13.2 Å². The predicted octanol–water partition coefficient (Wildman–Crippen LogP) is 13.5. The normalized spacial score (nSPS) is 10.5. The Morgan fingerprint density at radius 1 is 0.400 bits per heavy atom. The van der Waals surface area contributed by atoms with Crippen LogP contribution in [0.4, 0.5) is 0 Å². The molecule has 0 aromatic carbocycles. The van der Waals surface area contributed by atoms with Gasteiger partial charge in [0.1, 0.15) is 0 Å². The summed E-state index contributed by atoms with van der Waals surface area (Å²) in [6.07, 6.45) is 36.3. The predicted molar refractivity (Wildman–Crippen MR) is 234 cm³/mol. The van der Waals surface area contributed by atoms with E-state index in [1.165, 1.54) is 141 Å². The summed E-state index contributed by atoms with van der Waals surface area (Å²) in [4.78, 5) is 42.6. The van der Waals surface area contributed by atoms with Crippen LogP contribution in [0, 0.1) is 11.8 Å². The maximum Gasteiger partial charge on any atom is 0.331 e. The van der Waals surface area contributed by atoms with Crippen molar-refractivity contribution in [1.82, 2.24) is 0 Å². The van der Waals surface area contributed by atoms with Crippen LogP contribution >= 0.6 is 0 Å². The molecule has 0 aromatic rings. The van der Waals surface area contributed by atoms with Crippen LogP contribution in [0.5, 0.6) is 0 Å². The number of unbranched alkanes of at least 4 members (excludes halogenated alkanes) is 20. The molecule has 0 amide bonds.